The molecule has 0 aliphatic rings. The minimum atomic E-state index is -0.147. The summed E-state index contributed by atoms with van der Waals surface area (Å²) in [4.78, 5) is 11.1. The average Bonchev–Trinajstić information content (AvgIpc) is 2.94. The Bertz CT molecular complexity index is 788. The zero-order valence-electron chi connectivity index (χ0n) is 11.3. The fourth-order valence-corrected chi connectivity index (χ4v) is 2.11. The number of H-pyrrole nitrogens is 2. The highest BCUT2D eigenvalue weighted by Gasteiger charge is 2.02. The summed E-state index contributed by atoms with van der Waals surface area (Å²) in [5.41, 5.74) is 3.33. The number of hydrogen-bond donors (Lipinski definition) is 4. The lowest BCUT2D eigenvalue weighted by molar-refractivity contribution is 0.469. The van der Waals surface area contributed by atoms with Gasteiger partial charge in [-0.3, -0.25) is 15.0 Å². The zero-order valence-corrected chi connectivity index (χ0v) is 11.3. The van der Waals surface area contributed by atoms with Crippen LogP contribution in [-0.4, -0.2) is 15.3 Å². The number of benzene rings is 2. The molecule has 4 N–H and O–H groups in total. The molecular weight excluding hydrogens is 266 g/mol. The fourth-order valence-electron chi connectivity index (χ4n) is 2.11. The lowest BCUT2D eigenvalue weighted by atomic mass is 10.1. The van der Waals surface area contributed by atoms with Crippen LogP contribution < -0.4 is 10.9 Å². The van der Waals surface area contributed by atoms with Crippen molar-refractivity contribution >= 4 is 5.69 Å². The molecule has 0 unspecified atom stereocenters. The maximum atomic E-state index is 11.1. The van der Waals surface area contributed by atoms with Crippen LogP contribution in [0.4, 0.5) is 5.69 Å². The molecule has 5 nitrogen and oxygen atoms in total. The van der Waals surface area contributed by atoms with Crippen LogP contribution in [0.15, 0.2) is 59.4 Å². The van der Waals surface area contributed by atoms with Crippen LogP contribution in [-0.2, 0) is 6.54 Å². The first kappa shape index (κ1) is 13.1. The molecule has 0 saturated carbocycles. The van der Waals surface area contributed by atoms with Crippen LogP contribution in [0.2, 0.25) is 0 Å². The Hall–Kier alpha value is -2.95. The van der Waals surface area contributed by atoms with Crippen molar-refractivity contribution in [3.63, 3.8) is 0 Å². The largest absolute Gasteiger partial charge is 0.508 e. The number of phenols is 1. The van der Waals surface area contributed by atoms with Gasteiger partial charge in [0.25, 0.3) is 5.56 Å². The second kappa shape index (κ2) is 5.58. The average molecular weight is 281 g/mol. The fraction of sp³-hybridized carbons (Fsp3) is 0.0625. The third kappa shape index (κ3) is 2.97. The Kier molecular flexibility index (Phi) is 3.47. The number of anilines is 1. The highest BCUT2D eigenvalue weighted by molar-refractivity contribution is 5.62. The first-order valence-corrected chi connectivity index (χ1v) is 6.61. The van der Waals surface area contributed by atoms with Crippen LogP contribution in [0, 0.1) is 0 Å². The van der Waals surface area contributed by atoms with Crippen LogP contribution in [0.25, 0.3) is 11.3 Å². The van der Waals surface area contributed by atoms with Crippen molar-refractivity contribution in [3.8, 4) is 17.0 Å². The summed E-state index contributed by atoms with van der Waals surface area (Å²) in [6.07, 6.45) is 0. The number of phenolic OH excluding ortho intramolecular Hbond substituents is 1. The topological polar surface area (TPSA) is 80.9 Å². The van der Waals surface area contributed by atoms with E-state index in [2.05, 4.69) is 15.5 Å². The van der Waals surface area contributed by atoms with Crippen molar-refractivity contribution in [1.29, 1.82) is 0 Å². The molecule has 0 saturated heterocycles. The van der Waals surface area contributed by atoms with Gasteiger partial charge in [0.05, 0.1) is 5.69 Å². The predicted octanol–water partition coefficient (Wildman–Crippen LogP) is 2.69. The summed E-state index contributed by atoms with van der Waals surface area (Å²) >= 11 is 0. The molecule has 0 spiro atoms. The molecule has 0 bridgehead atoms. The summed E-state index contributed by atoms with van der Waals surface area (Å²) in [6.45, 7) is 0.549. The summed E-state index contributed by atoms with van der Waals surface area (Å²) in [5.74, 6) is 0.284. The lowest BCUT2D eigenvalue weighted by Gasteiger charge is -2.08. The second-order valence-corrected chi connectivity index (χ2v) is 4.73. The van der Waals surface area contributed by atoms with E-state index in [0.29, 0.717) is 6.54 Å². The van der Waals surface area contributed by atoms with Gasteiger partial charge in [-0.25, -0.2) is 0 Å². The van der Waals surface area contributed by atoms with Gasteiger partial charge >= 0.3 is 0 Å². The van der Waals surface area contributed by atoms with E-state index in [1.807, 2.05) is 36.4 Å². The van der Waals surface area contributed by atoms with Crippen molar-refractivity contribution in [3.05, 3.63) is 70.5 Å². The summed E-state index contributed by atoms with van der Waals surface area (Å²) in [7, 11) is 0. The molecule has 2 aromatic carbocycles. The third-order valence-corrected chi connectivity index (χ3v) is 3.27. The highest BCUT2D eigenvalue weighted by Crippen LogP contribution is 2.20. The monoisotopic (exact) mass is 281 g/mol. The maximum Gasteiger partial charge on any atom is 0.264 e. The maximum absolute atomic E-state index is 11.1. The smallest absolute Gasteiger partial charge is 0.264 e. The van der Waals surface area contributed by atoms with Crippen molar-refractivity contribution < 1.29 is 5.11 Å². The van der Waals surface area contributed by atoms with Gasteiger partial charge in [0, 0.05) is 23.9 Å². The molecule has 0 fully saturated rings. The lowest BCUT2D eigenvalue weighted by Crippen LogP contribution is -1.99. The molecule has 1 aromatic heterocycles. The quantitative estimate of drug-likeness (QED) is 0.593. The van der Waals surface area contributed by atoms with Crippen molar-refractivity contribution in [2.45, 2.75) is 6.54 Å². The van der Waals surface area contributed by atoms with Gasteiger partial charge in [-0.05, 0) is 23.8 Å². The van der Waals surface area contributed by atoms with Crippen LogP contribution in [0.1, 0.15) is 5.56 Å². The van der Waals surface area contributed by atoms with Crippen LogP contribution >= 0.6 is 0 Å². The van der Waals surface area contributed by atoms with Gasteiger partial charge in [0.2, 0.25) is 0 Å². The predicted molar refractivity (Wildman–Crippen MR) is 82.3 cm³/mol. The van der Waals surface area contributed by atoms with Crippen molar-refractivity contribution in [1.82, 2.24) is 10.2 Å². The SMILES string of the molecule is O=c1cc(-c2ccc(NCc3ccccc3O)cc2)[nH][nH]1. The standard InChI is InChI=1S/C16H15N3O2/c20-15-4-2-1-3-12(15)10-17-13-7-5-11(6-8-13)14-9-16(21)19-18-14/h1-9,17,20H,10H2,(H2,18,19,21). The van der Waals surface area contributed by atoms with E-state index >= 15 is 0 Å². The Morgan fingerprint density at radius 2 is 1.76 bits per heavy atom. The first-order chi connectivity index (χ1) is 10.2. The molecule has 21 heavy (non-hydrogen) atoms. The first-order valence-electron chi connectivity index (χ1n) is 6.61. The van der Waals surface area contributed by atoms with Gasteiger partial charge in [-0.15, -0.1) is 0 Å². The molecule has 3 rings (SSSR count). The molecule has 3 aromatic rings. The van der Waals surface area contributed by atoms with Gasteiger partial charge in [-0.1, -0.05) is 30.3 Å². The molecular formula is C16H15N3O2. The Morgan fingerprint density at radius 3 is 2.43 bits per heavy atom. The van der Waals surface area contributed by atoms with E-state index in [9.17, 15) is 9.90 Å². The van der Waals surface area contributed by atoms with Crippen LogP contribution in [0.5, 0.6) is 5.75 Å². The molecule has 106 valence electrons. The molecule has 1 heterocycles. The highest BCUT2D eigenvalue weighted by atomic mass is 16.3. The molecule has 0 radical (unpaired) electrons. The van der Waals surface area contributed by atoms with E-state index < -0.39 is 0 Å². The number of aromatic hydroxyl groups is 1. The number of hydrogen-bond acceptors (Lipinski definition) is 3. The normalized spacial score (nSPS) is 10.5. The minimum absolute atomic E-state index is 0.147. The third-order valence-electron chi connectivity index (χ3n) is 3.27. The number of aromatic amines is 2. The van der Waals surface area contributed by atoms with E-state index in [1.54, 1.807) is 12.1 Å². The molecule has 5 heteroatoms. The zero-order chi connectivity index (χ0) is 14.7. The molecule has 0 atom stereocenters. The van der Waals surface area contributed by atoms with Gasteiger partial charge in [0.15, 0.2) is 0 Å². The number of rotatable bonds is 4. The summed E-state index contributed by atoms with van der Waals surface area (Å²) < 4.78 is 0. The van der Waals surface area contributed by atoms with Gasteiger partial charge in [0.1, 0.15) is 5.75 Å². The van der Waals surface area contributed by atoms with Crippen molar-refractivity contribution in [2.75, 3.05) is 5.32 Å². The van der Waals surface area contributed by atoms with E-state index in [0.717, 1.165) is 22.5 Å². The van der Waals surface area contributed by atoms with Crippen LogP contribution in [0.3, 0.4) is 0 Å². The van der Waals surface area contributed by atoms with E-state index in [1.165, 1.54) is 6.07 Å². The van der Waals surface area contributed by atoms with Gasteiger partial charge in [-0.2, -0.15) is 0 Å². The van der Waals surface area contributed by atoms with Crippen molar-refractivity contribution in [2.24, 2.45) is 0 Å². The molecule has 0 amide bonds. The Balaban J connectivity index is 1.70. The molecule has 0 aliphatic heterocycles. The summed E-state index contributed by atoms with van der Waals surface area (Å²) in [5, 5.41) is 18.3. The molecule has 0 aliphatic carbocycles. The number of aromatic nitrogens is 2. The Labute approximate surface area is 121 Å². The number of para-hydroxylation sites is 1. The van der Waals surface area contributed by atoms with E-state index in [4.69, 9.17) is 0 Å². The summed E-state index contributed by atoms with van der Waals surface area (Å²) in [6, 6.07) is 16.5. The van der Waals surface area contributed by atoms with E-state index in [-0.39, 0.29) is 11.3 Å². The number of nitrogens with one attached hydrogen (secondary N) is 3. The second-order valence-electron chi connectivity index (χ2n) is 4.73. The van der Waals surface area contributed by atoms with Gasteiger partial charge < -0.3 is 10.4 Å². The Morgan fingerprint density at radius 1 is 1.00 bits per heavy atom. The minimum Gasteiger partial charge on any atom is -0.508 e.